The van der Waals surface area contributed by atoms with E-state index in [1.807, 2.05) is 0 Å². The summed E-state index contributed by atoms with van der Waals surface area (Å²) in [5.41, 5.74) is -0.696. The van der Waals surface area contributed by atoms with Crippen molar-refractivity contribution in [3.63, 3.8) is 0 Å². The Morgan fingerprint density at radius 3 is 2.31 bits per heavy atom. The van der Waals surface area contributed by atoms with Crippen molar-refractivity contribution in [1.82, 2.24) is 0 Å². The Kier molecular flexibility index (Phi) is 3.84. The van der Waals surface area contributed by atoms with Crippen LogP contribution in [-0.2, 0) is 0 Å². The molecule has 0 aliphatic carbocycles. The van der Waals surface area contributed by atoms with Crippen LogP contribution in [0.2, 0.25) is 0 Å². The fourth-order valence-corrected chi connectivity index (χ4v) is 2.24. The van der Waals surface area contributed by atoms with Crippen molar-refractivity contribution in [2.24, 2.45) is 0 Å². The highest BCUT2D eigenvalue weighted by molar-refractivity contribution is 9.11. The number of carboxylic acids is 1. The third kappa shape index (κ3) is 3.38. The van der Waals surface area contributed by atoms with E-state index in [2.05, 4.69) is 36.6 Å². The number of rotatable bonds is 2. The highest BCUT2D eigenvalue weighted by Crippen LogP contribution is 2.36. The second-order valence-corrected chi connectivity index (χ2v) is 4.37. The molecule has 0 aromatic heterocycles. The van der Waals surface area contributed by atoms with Crippen LogP contribution in [0.5, 0.6) is 5.75 Å². The Balaban J connectivity index is 3.30. The Morgan fingerprint density at radius 1 is 1.31 bits per heavy atom. The lowest BCUT2D eigenvalue weighted by Gasteiger charge is -2.15. The molecule has 16 heavy (non-hydrogen) atoms. The van der Waals surface area contributed by atoms with Crippen molar-refractivity contribution in [3.8, 4) is 5.75 Å². The van der Waals surface area contributed by atoms with Gasteiger partial charge in [0.2, 0.25) is 0 Å². The quantitative estimate of drug-likeness (QED) is 0.812. The molecule has 0 bridgehead atoms. The Morgan fingerprint density at radius 2 is 1.88 bits per heavy atom. The van der Waals surface area contributed by atoms with Crippen LogP contribution in [0.15, 0.2) is 21.1 Å². The molecule has 0 aliphatic rings. The van der Waals surface area contributed by atoms with Gasteiger partial charge in [-0.05, 0) is 28.1 Å². The van der Waals surface area contributed by atoms with Crippen molar-refractivity contribution < 1.29 is 27.8 Å². The lowest BCUT2D eigenvalue weighted by Crippen LogP contribution is -2.26. The lowest BCUT2D eigenvalue weighted by atomic mass is 10.2. The van der Waals surface area contributed by atoms with Gasteiger partial charge >= 0.3 is 6.36 Å². The van der Waals surface area contributed by atoms with E-state index in [4.69, 9.17) is 0 Å². The number of aromatic carboxylic acids is 1. The summed E-state index contributed by atoms with van der Waals surface area (Å²) in [5, 5.41) is 10.6. The third-order valence-electron chi connectivity index (χ3n) is 1.45. The topological polar surface area (TPSA) is 49.4 Å². The molecular formula is C8H2Br2F3O3-. The number of ether oxygens (including phenoxy) is 1. The first-order valence-corrected chi connectivity index (χ1v) is 5.25. The fraction of sp³-hybridized carbons (Fsp3) is 0.125. The maximum Gasteiger partial charge on any atom is 0.573 e. The summed E-state index contributed by atoms with van der Waals surface area (Å²) in [6.45, 7) is 0. The SMILES string of the molecule is O=C([O-])c1cc(Br)cc(Br)c1OC(F)(F)F. The summed E-state index contributed by atoms with van der Waals surface area (Å²) >= 11 is 5.71. The predicted molar refractivity (Wildman–Crippen MR) is 52.9 cm³/mol. The average molecular weight is 363 g/mol. The van der Waals surface area contributed by atoms with Crippen LogP contribution in [0.1, 0.15) is 10.4 Å². The standard InChI is InChI=1S/C8H3Br2F3O3/c9-3-1-4(7(14)15)6(5(10)2-3)16-8(11,12)13/h1-2H,(H,14,15)/p-1. The first kappa shape index (κ1) is 13.3. The smallest absolute Gasteiger partial charge is 0.545 e. The van der Waals surface area contributed by atoms with Gasteiger partial charge in [0.25, 0.3) is 0 Å². The van der Waals surface area contributed by atoms with Crippen LogP contribution in [0, 0.1) is 0 Å². The van der Waals surface area contributed by atoms with E-state index in [0.29, 0.717) is 0 Å². The number of alkyl halides is 3. The van der Waals surface area contributed by atoms with Gasteiger partial charge in [0.1, 0.15) is 0 Å². The minimum Gasteiger partial charge on any atom is -0.545 e. The van der Waals surface area contributed by atoms with Crippen LogP contribution in [0.4, 0.5) is 13.2 Å². The first-order valence-electron chi connectivity index (χ1n) is 3.67. The van der Waals surface area contributed by atoms with Gasteiger partial charge in [-0.1, -0.05) is 15.9 Å². The van der Waals surface area contributed by atoms with Gasteiger partial charge in [0.05, 0.1) is 10.4 Å². The normalized spacial score (nSPS) is 11.3. The van der Waals surface area contributed by atoms with E-state index >= 15 is 0 Å². The molecule has 1 rings (SSSR count). The van der Waals surface area contributed by atoms with Gasteiger partial charge in [0.15, 0.2) is 5.75 Å². The van der Waals surface area contributed by atoms with Gasteiger partial charge in [-0.3, -0.25) is 0 Å². The number of carbonyl (C=O) groups is 1. The van der Waals surface area contributed by atoms with Gasteiger partial charge in [-0.2, -0.15) is 0 Å². The summed E-state index contributed by atoms with van der Waals surface area (Å²) in [4.78, 5) is 10.6. The molecule has 0 saturated carbocycles. The van der Waals surface area contributed by atoms with Crippen molar-refractivity contribution in [3.05, 3.63) is 26.6 Å². The largest absolute Gasteiger partial charge is 0.573 e. The Labute approximate surface area is 104 Å². The molecule has 0 unspecified atom stereocenters. The number of hydrogen-bond donors (Lipinski definition) is 0. The first-order chi connectivity index (χ1) is 7.20. The average Bonchev–Trinajstić information content (AvgIpc) is 2.07. The summed E-state index contributed by atoms with van der Waals surface area (Å²) in [6, 6.07) is 2.19. The van der Waals surface area contributed by atoms with Gasteiger partial charge in [-0.15, -0.1) is 13.2 Å². The summed E-state index contributed by atoms with van der Waals surface area (Å²) in [6.07, 6.45) is -4.97. The maximum atomic E-state index is 12.0. The van der Waals surface area contributed by atoms with Crippen molar-refractivity contribution in [1.29, 1.82) is 0 Å². The molecule has 0 amide bonds. The van der Waals surface area contributed by atoms with E-state index in [1.54, 1.807) is 0 Å². The number of halogens is 5. The summed E-state index contributed by atoms with van der Waals surface area (Å²) in [5.74, 6) is -2.60. The second-order valence-electron chi connectivity index (χ2n) is 2.60. The van der Waals surface area contributed by atoms with Crippen LogP contribution in [-0.4, -0.2) is 12.3 Å². The molecule has 0 aliphatic heterocycles. The molecule has 1 aromatic rings. The molecule has 0 fully saturated rings. The molecule has 88 valence electrons. The number of carbonyl (C=O) groups excluding carboxylic acids is 1. The summed E-state index contributed by atoms with van der Waals surface area (Å²) in [7, 11) is 0. The predicted octanol–water partition coefficient (Wildman–Crippen LogP) is 2.47. The molecule has 3 nitrogen and oxygen atoms in total. The highest BCUT2D eigenvalue weighted by atomic mass is 79.9. The molecule has 0 spiro atoms. The molecule has 0 atom stereocenters. The zero-order valence-electron chi connectivity index (χ0n) is 7.27. The minimum absolute atomic E-state index is 0.140. The Hall–Kier alpha value is -0.760. The van der Waals surface area contributed by atoms with Crippen molar-refractivity contribution in [2.45, 2.75) is 6.36 Å². The van der Waals surface area contributed by atoms with E-state index in [0.717, 1.165) is 6.07 Å². The van der Waals surface area contributed by atoms with Crippen LogP contribution in [0.3, 0.4) is 0 Å². The molecule has 0 heterocycles. The van der Waals surface area contributed by atoms with Crippen LogP contribution in [0.25, 0.3) is 0 Å². The van der Waals surface area contributed by atoms with E-state index in [9.17, 15) is 23.1 Å². The minimum atomic E-state index is -4.97. The molecule has 0 N–H and O–H groups in total. The van der Waals surface area contributed by atoms with Gasteiger partial charge in [-0.25, -0.2) is 0 Å². The monoisotopic (exact) mass is 361 g/mol. The lowest BCUT2D eigenvalue weighted by molar-refractivity contribution is -0.276. The van der Waals surface area contributed by atoms with E-state index < -0.39 is 23.6 Å². The number of benzene rings is 1. The van der Waals surface area contributed by atoms with E-state index in [1.165, 1.54) is 6.07 Å². The van der Waals surface area contributed by atoms with Crippen molar-refractivity contribution >= 4 is 37.8 Å². The fourth-order valence-electron chi connectivity index (χ4n) is 0.931. The summed E-state index contributed by atoms with van der Waals surface area (Å²) < 4.78 is 39.7. The van der Waals surface area contributed by atoms with Crippen molar-refractivity contribution in [2.75, 3.05) is 0 Å². The zero-order valence-corrected chi connectivity index (χ0v) is 10.4. The van der Waals surface area contributed by atoms with Crippen LogP contribution >= 0.6 is 31.9 Å². The van der Waals surface area contributed by atoms with Gasteiger partial charge < -0.3 is 14.6 Å². The number of hydrogen-bond acceptors (Lipinski definition) is 3. The zero-order chi connectivity index (χ0) is 12.5. The molecule has 1 aromatic carbocycles. The Bertz CT molecular complexity index is 431. The highest BCUT2D eigenvalue weighted by Gasteiger charge is 2.33. The van der Waals surface area contributed by atoms with Gasteiger partial charge in [0, 0.05) is 10.0 Å². The van der Waals surface area contributed by atoms with E-state index in [-0.39, 0.29) is 8.95 Å². The van der Waals surface area contributed by atoms with Crippen LogP contribution < -0.4 is 9.84 Å². The second kappa shape index (κ2) is 4.62. The third-order valence-corrected chi connectivity index (χ3v) is 2.49. The number of carboxylic acid groups (broad SMARTS) is 1. The molecular weight excluding hydrogens is 361 g/mol. The molecule has 8 heteroatoms. The maximum absolute atomic E-state index is 12.0. The molecule has 0 saturated heterocycles. The molecule has 0 radical (unpaired) electrons.